The predicted molar refractivity (Wildman–Crippen MR) is 109 cm³/mol. The number of nitrogens with zero attached hydrogens (tertiary/aromatic N) is 2. The van der Waals surface area contributed by atoms with E-state index in [1.807, 2.05) is 17.0 Å². The first-order valence-electron chi connectivity index (χ1n) is 10.1. The number of morpholine rings is 1. The van der Waals surface area contributed by atoms with Gasteiger partial charge < -0.3 is 19.1 Å². The molecule has 1 amide bonds. The van der Waals surface area contributed by atoms with Crippen LogP contribution in [0.2, 0.25) is 5.02 Å². The highest BCUT2D eigenvalue weighted by atomic mass is 35.5. The second-order valence-corrected chi connectivity index (χ2v) is 7.97. The van der Waals surface area contributed by atoms with Crippen molar-refractivity contribution in [3.05, 3.63) is 22.7 Å². The van der Waals surface area contributed by atoms with Gasteiger partial charge in [-0.1, -0.05) is 11.6 Å². The maximum Gasteiger partial charge on any atom is 0.222 e. The van der Waals surface area contributed by atoms with Crippen LogP contribution in [0.1, 0.15) is 31.2 Å². The first-order chi connectivity index (χ1) is 13.6. The van der Waals surface area contributed by atoms with E-state index in [2.05, 4.69) is 4.90 Å². The summed E-state index contributed by atoms with van der Waals surface area (Å²) in [6, 6.07) is 3.95. The van der Waals surface area contributed by atoms with Crippen molar-refractivity contribution >= 4 is 17.5 Å². The zero-order valence-electron chi connectivity index (χ0n) is 16.9. The average Bonchev–Trinajstić information content (AvgIpc) is 2.73. The maximum atomic E-state index is 12.3. The number of likely N-dealkylation sites (tertiary alicyclic amines) is 1. The minimum Gasteiger partial charge on any atom is -0.493 e. The Morgan fingerprint density at radius 1 is 1.14 bits per heavy atom. The fraction of sp³-hybridized carbons (Fsp3) is 0.667. The Bertz CT molecular complexity index is 656. The first-order valence-corrected chi connectivity index (χ1v) is 10.5. The molecule has 2 fully saturated rings. The Labute approximate surface area is 172 Å². The van der Waals surface area contributed by atoms with Crippen LogP contribution in [0.15, 0.2) is 12.1 Å². The van der Waals surface area contributed by atoms with E-state index in [0.717, 1.165) is 57.5 Å². The summed E-state index contributed by atoms with van der Waals surface area (Å²) in [4.78, 5) is 16.7. The quantitative estimate of drug-likeness (QED) is 0.690. The smallest absolute Gasteiger partial charge is 0.222 e. The van der Waals surface area contributed by atoms with E-state index in [4.69, 9.17) is 25.8 Å². The van der Waals surface area contributed by atoms with E-state index in [1.54, 1.807) is 14.2 Å². The van der Waals surface area contributed by atoms with E-state index in [-0.39, 0.29) is 5.91 Å². The molecular formula is C21H31ClN2O4. The van der Waals surface area contributed by atoms with Crippen LogP contribution in [0.25, 0.3) is 0 Å². The Morgan fingerprint density at radius 3 is 2.50 bits per heavy atom. The second-order valence-electron chi connectivity index (χ2n) is 7.56. The summed E-state index contributed by atoms with van der Waals surface area (Å²) < 4.78 is 16.0. The number of hydrogen-bond donors (Lipinski definition) is 0. The Balaban J connectivity index is 1.44. The Hall–Kier alpha value is -1.50. The number of rotatable bonds is 7. The molecule has 0 N–H and O–H groups in total. The molecule has 156 valence electrons. The lowest BCUT2D eigenvalue weighted by Gasteiger charge is -2.33. The molecule has 0 unspecified atom stereocenters. The van der Waals surface area contributed by atoms with E-state index < -0.39 is 0 Å². The molecule has 6 nitrogen and oxygen atoms in total. The summed E-state index contributed by atoms with van der Waals surface area (Å²) in [6.45, 7) is 5.76. The molecule has 1 aromatic rings. The summed E-state index contributed by atoms with van der Waals surface area (Å²) in [7, 11) is 3.22. The number of piperidine rings is 1. The van der Waals surface area contributed by atoms with Crippen molar-refractivity contribution in [3.8, 4) is 11.5 Å². The average molecular weight is 411 g/mol. The van der Waals surface area contributed by atoms with Gasteiger partial charge in [-0.15, -0.1) is 0 Å². The summed E-state index contributed by atoms with van der Waals surface area (Å²) >= 11 is 6.32. The zero-order valence-corrected chi connectivity index (χ0v) is 17.7. The van der Waals surface area contributed by atoms with Gasteiger partial charge in [-0.3, -0.25) is 9.69 Å². The van der Waals surface area contributed by atoms with Gasteiger partial charge in [0.2, 0.25) is 5.91 Å². The first kappa shape index (κ1) is 21.2. The molecule has 2 aliphatic rings. The van der Waals surface area contributed by atoms with Crippen molar-refractivity contribution in [1.29, 1.82) is 0 Å². The summed E-state index contributed by atoms with van der Waals surface area (Å²) in [5.41, 5.74) is 1.13. The van der Waals surface area contributed by atoms with Crippen LogP contribution in [0, 0.1) is 5.92 Å². The molecule has 0 radical (unpaired) electrons. The van der Waals surface area contributed by atoms with Gasteiger partial charge in [0.1, 0.15) is 0 Å². The van der Waals surface area contributed by atoms with Crippen LogP contribution >= 0.6 is 11.6 Å². The summed E-state index contributed by atoms with van der Waals surface area (Å²) in [6.07, 6.45) is 3.93. The number of ether oxygens (including phenoxy) is 3. The number of carbonyl (C=O) groups is 1. The highest BCUT2D eigenvalue weighted by Gasteiger charge is 2.23. The second kappa shape index (κ2) is 10.3. The molecule has 0 aromatic heterocycles. The molecule has 7 heteroatoms. The number of hydrogen-bond acceptors (Lipinski definition) is 5. The zero-order chi connectivity index (χ0) is 19.9. The lowest BCUT2D eigenvalue weighted by Crippen LogP contribution is -2.41. The van der Waals surface area contributed by atoms with Crippen LogP contribution in [0.4, 0.5) is 0 Å². The normalized spacial score (nSPS) is 18.9. The minimum absolute atomic E-state index is 0.283. The molecular weight excluding hydrogens is 380 g/mol. The lowest BCUT2D eigenvalue weighted by atomic mass is 9.91. The lowest BCUT2D eigenvalue weighted by molar-refractivity contribution is -0.135. The van der Waals surface area contributed by atoms with Gasteiger partial charge in [-0.05, 0) is 56.0 Å². The number of benzene rings is 1. The molecule has 2 saturated heterocycles. The highest BCUT2D eigenvalue weighted by molar-refractivity contribution is 6.32. The molecule has 0 saturated carbocycles. The van der Waals surface area contributed by atoms with Crippen molar-refractivity contribution < 1.29 is 19.0 Å². The molecule has 0 aliphatic carbocycles. The van der Waals surface area contributed by atoms with Gasteiger partial charge in [0.15, 0.2) is 11.5 Å². The molecule has 0 atom stereocenters. The minimum atomic E-state index is 0.283. The molecule has 0 bridgehead atoms. The van der Waals surface area contributed by atoms with Gasteiger partial charge >= 0.3 is 0 Å². The van der Waals surface area contributed by atoms with E-state index in [0.29, 0.717) is 42.1 Å². The predicted octanol–water partition coefficient (Wildman–Crippen LogP) is 3.21. The summed E-state index contributed by atoms with van der Waals surface area (Å²) in [5.74, 6) is 2.17. The molecule has 1 aromatic carbocycles. The van der Waals surface area contributed by atoms with Gasteiger partial charge in [0, 0.05) is 26.1 Å². The van der Waals surface area contributed by atoms with Crippen molar-refractivity contribution in [2.75, 3.05) is 53.6 Å². The fourth-order valence-electron chi connectivity index (χ4n) is 4.05. The van der Waals surface area contributed by atoms with E-state index in [1.165, 1.54) is 0 Å². The Morgan fingerprint density at radius 2 is 1.86 bits per heavy atom. The number of carbonyl (C=O) groups excluding carboxylic acids is 1. The molecule has 0 spiro atoms. The van der Waals surface area contributed by atoms with Crippen LogP contribution in [0.5, 0.6) is 11.5 Å². The van der Waals surface area contributed by atoms with Crippen LogP contribution in [0.3, 0.4) is 0 Å². The van der Waals surface area contributed by atoms with Gasteiger partial charge in [0.25, 0.3) is 0 Å². The molecule has 2 aliphatic heterocycles. The third-order valence-electron chi connectivity index (χ3n) is 5.74. The third-order valence-corrected chi connectivity index (χ3v) is 6.02. The van der Waals surface area contributed by atoms with E-state index in [9.17, 15) is 4.79 Å². The monoisotopic (exact) mass is 410 g/mol. The Kier molecular flexibility index (Phi) is 7.82. The van der Waals surface area contributed by atoms with Gasteiger partial charge in [-0.25, -0.2) is 0 Å². The third kappa shape index (κ3) is 5.52. The summed E-state index contributed by atoms with van der Waals surface area (Å²) in [5, 5.41) is 0.577. The standard InChI is InChI=1S/C21H31ClN2O4/c1-26-19-14-17(13-18(22)21(19)27-2)15-23-7-5-16(6-8-23)3-4-20(25)24-9-11-28-12-10-24/h13-14,16H,3-12,15H2,1-2H3. The number of amides is 1. The van der Waals surface area contributed by atoms with Crippen LogP contribution < -0.4 is 9.47 Å². The fourth-order valence-corrected chi connectivity index (χ4v) is 4.36. The maximum absolute atomic E-state index is 12.3. The molecule has 3 rings (SSSR count). The van der Waals surface area contributed by atoms with Crippen molar-refractivity contribution in [3.63, 3.8) is 0 Å². The number of methoxy groups -OCH3 is 2. The van der Waals surface area contributed by atoms with Gasteiger partial charge in [-0.2, -0.15) is 0 Å². The van der Waals surface area contributed by atoms with Crippen molar-refractivity contribution in [2.24, 2.45) is 5.92 Å². The molecule has 2 heterocycles. The topological polar surface area (TPSA) is 51.2 Å². The number of halogens is 1. The van der Waals surface area contributed by atoms with Crippen molar-refractivity contribution in [2.45, 2.75) is 32.2 Å². The van der Waals surface area contributed by atoms with Gasteiger partial charge in [0.05, 0.1) is 32.5 Å². The van der Waals surface area contributed by atoms with Crippen molar-refractivity contribution in [1.82, 2.24) is 9.80 Å². The SMILES string of the molecule is COc1cc(CN2CCC(CCC(=O)N3CCOCC3)CC2)cc(Cl)c1OC. The van der Waals surface area contributed by atoms with Crippen LogP contribution in [-0.4, -0.2) is 69.3 Å². The largest absolute Gasteiger partial charge is 0.493 e. The van der Waals surface area contributed by atoms with E-state index >= 15 is 0 Å². The van der Waals surface area contributed by atoms with Crippen LogP contribution in [-0.2, 0) is 16.1 Å². The highest BCUT2D eigenvalue weighted by Crippen LogP contribution is 2.36. The molecule has 28 heavy (non-hydrogen) atoms.